The number of carbonyl (C=O) groups is 1. The van der Waals surface area contributed by atoms with Crippen LogP contribution >= 0.6 is 0 Å². The molecule has 0 radical (unpaired) electrons. The number of halogens is 1. The lowest BCUT2D eigenvalue weighted by Crippen LogP contribution is -2.26. The van der Waals surface area contributed by atoms with Gasteiger partial charge in [-0.05, 0) is 36.4 Å². The summed E-state index contributed by atoms with van der Waals surface area (Å²) in [5, 5.41) is 4.02. The van der Waals surface area contributed by atoms with Crippen LogP contribution in [-0.2, 0) is 9.84 Å². The van der Waals surface area contributed by atoms with E-state index in [9.17, 15) is 17.6 Å². The van der Waals surface area contributed by atoms with Crippen molar-refractivity contribution in [3.8, 4) is 11.5 Å². The first-order chi connectivity index (χ1) is 12.9. The Morgan fingerprint density at radius 3 is 2.56 bits per heavy atom. The molecule has 0 aliphatic carbocycles. The van der Waals surface area contributed by atoms with Gasteiger partial charge in [-0.25, -0.2) is 18.2 Å². The molecule has 2 aromatic rings. The van der Waals surface area contributed by atoms with Gasteiger partial charge in [0.1, 0.15) is 5.82 Å². The second kappa shape index (κ2) is 7.36. The van der Waals surface area contributed by atoms with Crippen molar-refractivity contribution in [3.63, 3.8) is 0 Å². The molecule has 0 unspecified atom stereocenters. The highest BCUT2D eigenvalue weighted by atomic mass is 32.2. The summed E-state index contributed by atoms with van der Waals surface area (Å²) in [5.41, 5.74) is 3.12. The predicted molar refractivity (Wildman–Crippen MR) is 96.6 cm³/mol. The van der Waals surface area contributed by atoms with E-state index in [1.54, 1.807) is 6.07 Å². The average Bonchev–Trinajstić information content (AvgIpc) is 2.66. The van der Waals surface area contributed by atoms with Gasteiger partial charge in [0.25, 0.3) is 5.91 Å². The summed E-state index contributed by atoms with van der Waals surface area (Å²) in [6, 6.07) is 8.02. The Kier molecular flexibility index (Phi) is 5.13. The van der Waals surface area contributed by atoms with Gasteiger partial charge in [0.05, 0.1) is 30.6 Å². The van der Waals surface area contributed by atoms with Crippen LogP contribution in [0.4, 0.5) is 4.39 Å². The molecule has 0 aromatic heterocycles. The molecule has 142 valence electrons. The number of ether oxygens (including phenoxy) is 2. The molecule has 0 atom stereocenters. The molecule has 1 amide bonds. The second-order valence-electron chi connectivity index (χ2n) is 5.78. The number of nitrogens with one attached hydrogen (secondary N) is 1. The van der Waals surface area contributed by atoms with E-state index >= 15 is 0 Å². The Labute approximate surface area is 155 Å². The lowest BCUT2D eigenvalue weighted by Gasteiger charge is -2.18. The van der Waals surface area contributed by atoms with Gasteiger partial charge in [-0.1, -0.05) is 0 Å². The van der Waals surface area contributed by atoms with Crippen LogP contribution in [0.25, 0.3) is 0 Å². The highest BCUT2D eigenvalue weighted by molar-refractivity contribution is 7.91. The molecule has 0 bridgehead atoms. The third-order valence-corrected chi connectivity index (χ3v) is 5.90. The van der Waals surface area contributed by atoms with Crippen molar-refractivity contribution in [1.29, 1.82) is 0 Å². The number of benzene rings is 2. The molecule has 0 fully saturated rings. The van der Waals surface area contributed by atoms with E-state index in [4.69, 9.17) is 9.47 Å². The van der Waals surface area contributed by atoms with Gasteiger partial charge >= 0.3 is 0 Å². The molecule has 1 heterocycles. The second-order valence-corrected chi connectivity index (χ2v) is 7.86. The minimum Gasteiger partial charge on any atom is -0.493 e. The fourth-order valence-corrected chi connectivity index (χ4v) is 4.22. The molecule has 2 aromatic carbocycles. The quantitative estimate of drug-likeness (QED) is 0.636. The number of rotatable bonds is 4. The Morgan fingerprint density at radius 2 is 1.85 bits per heavy atom. The monoisotopic (exact) mass is 392 g/mol. The van der Waals surface area contributed by atoms with Crippen molar-refractivity contribution >= 4 is 21.5 Å². The number of amides is 1. The predicted octanol–water partition coefficient (Wildman–Crippen LogP) is 2.15. The van der Waals surface area contributed by atoms with Gasteiger partial charge in [-0.2, -0.15) is 5.10 Å². The Bertz CT molecular complexity index is 1030. The molecule has 7 nitrogen and oxygen atoms in total. The van der Waals surface area contributed by atoms with E-state index < -0.39 is 21.6 Å². The summed E-state index contributed by atoms with van der Waals surface area (Å²) in [4.78, 5) is 12.4. The van der Waals surface area contributed by atoms with Crippen LogP contribution in [0.15, 0.2) is 46.4 Å². The molecule has 1 aliphatic heterocycles. The highest BCUT2D eigenvalue weighted by Crippen LogP contribution is 2.28. The molecule has 0 spiro atoms. The Morgan fingerprint density at radius 1 is 1.11 bits per heavy atom. The zero-order valence-electron chi connectivity index (χ0n) is 14.7. The normalized spacial score (nSPS) is 16.5. The third-order valence-electron chi connectivity index (χ3n) is 4.13. The summed E-state index contributed by atoms with van der Waals surface area (Å²) >= 11 is 0. The van der Waals surface area contributed by atoms with Crippen molar-refractivity contribution in [2.45, 2.75) is 11.3 Å². The maximum atomic E-state index is 13.6. The number of sulfone groups is 1. The maximum absolute atomic E-state index is 13.6. The summed E-state index contributed by atoms with van der Waals surface area (Å²) in [6.07, 6.45) is 0.0744. The number of carbonyl (C=O) groups excluding carboxylic acids is 1. The Hall–Kier alpha value is -2.94. The lowest BCUT2D eigenvalue weighted by atomic mass is 10.1. The van der Waals surface area contributed by atoms with Crippen LogP contribution in [0, 0.1) is 5.82 Å². The van der Waals surface area contributed by atoms with Crippen LogP contribution < -0.4 is 14.9 Å². The molecule has 3 rings (SSSR count). The SMILES string of the molecule is COc1ccc(C(=O)NN=C2CCS(=O)(=O)c3ccc(F)cc32)cc1OC. The highest BCUT2D eigenvalue weighted by Gasteiger charge is 2.28. The average molecular weight is 392 g/mol. The number of nitrogens with zero attached hydrogens (tertiary/aromatic N) is 1. The molecule has 1 aliphatic rings. The van der Waals surface area contributed by atoms with Crippen molar-refractivity contribution in [2.24, 2.45) is 5.10 Å². The fraction of sp³-hybridized carbons (Fsp3) is 0.222. The largest absolute Gasteiger partial charge is 0.493 e. The number of fused-ring (bicyclic) bond motifs is 1. The summed E-state index contributed by atoms with van der Waals surface area (Å²) in [7, 11) is -0.554. The van der Waals surface area contributed by atoms with Gasteiger partial charge in [0.2, 0.25) is 0 Å². The van der Waals surface area contributed by atoms with E-state index in [-0.39, 0.29) is 28.2 Å². The molecular formula is C18H17FN2O5S. The van der Waals surface area contributed by atoms with E-state index in [1.807, 2.05) is 0 Å². The molecule has 9 heteroatoms. The van der Waals surface area contributed by atoms with Gasteiger partial charge < -0.3 is 9.47 Å². The standard InChI is InChI=1S/C18H17FN2O5S/c1-25-15-5-3-11(9-16(15)26-2)18(22)21-20-14-7-8-27(23,24)17-6-4-12(19)10-13(14)17/h3-6,9-10H,7-8H2,1-2H3,(H,21,22). The maximum Gasteiger partial charge on any atom is 0.271 e. The van der Waals surface area contributed by atoms with Crippen LogP contribution in [0.1, 0.15) is 22.3 Å². The number of methoxy groups -OCH3 is 2. The fourth-order valence-electron chi connectivity index (χ4n) is 2.75. The first-order valence-corrected chi connectivity index (χ1v) is 9.62. The zero-order valence-corrected chi connectivity index (χ0v) is 15.5. The third kappa shape index (κ3) is 3.77. The van der Waals surface area contributed by atoms with E-state index in [0.717, 1.165) is 12.1 Å². The topological polar surface area (TPSA) is 94.1 Å². The number of hydrazone groups is 1. The number of hydrogen-bond donors (Lipinski definition) is 1. The minimum absolute atomic E-state index is 0.00858. The summed E-state index contributed by atoms with van der Waals surface area (Å²) < 4.78 is 48.1. The first kappa shape index (κ1) is 18.8. The molecular weight excluding hydrogens is 375 g/mol. The van der Waals surface area contributed by atoms with E-state index in [0.29, 0.717) is 17.2 Å². The summed E-state index contributed by atoms with van der Waals surface area (Å²) in [5.74, 6) is -0.396. The van der Waals surface area contributed by atoms with Gasteiger partial charge in [0.15, 0.2) is 21.3 Å². The van der Waals surface area contributed by atoms with Crippen molar-refractivity contribution in [2.75, 3.05) is 20.0 Å². The first-order valence-electron chi connectivity index (χ1n) is 7.97. The van der Waals surface area contributed by atoms with Crippen molar-refractivity contribution in [3.05, 3.63) is 53.3 Å². The number of hydrogen-bond acceptors (Lipinski definition) is 6. The van der Waals surface area contributed by atoms with E-state index in [2.05, 4.69) is 10.5 Å². The smallest absolute Gasteiger partial charge is 0.271 e. The van der Waals surface area contributed by atoms with Crippen molar-refractivity contribution in [1.82, 2.24) is 5.43 Å². The van der Waals surface area contributed by atoms with E-state index in [1.165, 1.54) is 32.4 Å². The van der Waals surface area contributed by atoms with Crippen LogP contribution in [0.5, 0.6) is 11.5 Å². The minimum atomic E-state index is -3.49. The van der Waals surface area contributed by atoms with Crippen LogP contribution in [-0.4, -0.2) is 40.0 Å². The molecule has 27 heavy (non-hydrogen) atoms. The Balaban J connectivity index is 1.88. The van der Waals surface area contributed by atoms with Gasteiger partial charge in [-0.3, -0.25) is 4.79 Å². The van der Waals surface area contributed by atoms with Crippen molar-refractivity contribution < 1.29 is 27.1 Å². The summed E-state index contributed by atoms with van der Waals surface area (Å²) in [6.45, 7) is 0. The van der Waals surface area contributed by atoms with Gasteiger partial charge in [-0.15, -0.1) is 0 Å². The van der Waals surface area contributed by atoms with Crippen LogP contribution in [0.2, 0.25) is 0 Å². The molecule has 0 saturated heterocycles. The van der Waals surface area contributed by atoms with Gasteiger partial charge in [0, 0.05) is 17.5 Å². The molecule has 0 saturated carbocycles. The lowest BCUT2D eigenvalue weighted by molar-refractivity contribution is 0.0954. The molecule has 1 N–H and O–H groups in total. The zero-order chi connectivity index (χ0) is 19.6. The van der Waals surface area contributed by atoms with Crippen LogP contribution in [0.3, 0.4) is 0 Å².